The summed E-state index contributed by atoms with van der Waals surface area (Å²) in [6.45, 7) is 0. The first-order valence-corrected chi connectivity index (χ1v) is 0. The van der Waals surface area contributed by atoms with E-state index in [9.17, 15) is 0 Å². The Morgan fingerprint density at radius 2 is 0.750 bits per heavy atom. The molecule has 0 heterocycles. The number of rotatable bonds is 0. The SMILES string of the molecule is [Co].[P-3].[P-3].[W]. The summed E-state index contributed by atoms with van der Waals surface area (Å²) in [7, 11) is 0. The second-order valence-electron chi connectivity index (χ2n) is 0. The van der Waals surface area contributed by atoms with E-state index < -0.39 is 0 Å². The van der Waals surface area contributed by atoms with Crippen LogP contribution in [0.1, 0.15) is 0 Å². The molecule has 0 aromatic carbocycles. The summed E-state index contributed by atoms with van der Waals surface area (Å²) in [5.74, 6) is 0. The molecular formula is CoP2W-6. The quantitative estimate of drug-likeness (QED) is 0.598. The molecule has 0 saturated carbocycles. The first-order valence-electron chi connectivity index (χ1n) is 0. The molecule has 0 aromatic rings. The van der Waals surface area contributed by atoms with Crippen LogP contribution in [0.25, 0.3) is 0 Å². The minimum absolute atomic E-state index is 0. The van der Waals surface area contributed by atoms with E-state index in [2.05, 4.69) is 0 Å². The fourth-order valence-electron chi connectivity index (χ4n) is 0. The van der Waals surface area contributed by atoms with Gasteiger partial charge in [-0.25, -0.2) is 0 Å². The zero-order valence-corrected chi connectivity index (χ0v) is 7.40. The van der Waals surface area contributed by atoms with E-state index in [-0.39, 0.29) is 57.6 Å². The number of hydrogen-bond donors (Lipinski definition) is 0. The van der Waals surface area contributed by atoms with E-state index in [0.717, 1.165) is 0 Å². The zero-order chi connectivity index (χ0) is 0. The maximum Gasteiger partial charge on any atom is 0 e. The van der Waals surface area contributed by atoms with Gasteiger partial charge in [-0.15, -0.1) is 0 Å². The zero-order valence-electron chi connectivity index (χ0n) is 1.64. The van der Waals surface area contributed by atoms with Crippen molar-refractivity contribution in [3.8, 4) is 0 Å². The molecule has 0 saturated heterocycles. The van der Waals surface area contributed by atoms with Gasteiger partial charge in [0, 0.05) is 37.8 Å². The van der Waals surface area contributed by atoms with E-state index >= 15 is 0 Å². The Balaban J connectivity index is 0. The molecule has 0 unspecified atom stereocenters. The molecule has 0 bridgehead atoms. The Bertz CT molecular complexity index is 6.00. The maximum absolute atomic E-state index is 0. The van der Waals surface area contributed by atoms with Crippen LogP contribution in [0.5, 0.6) is 0 Å². The van der Waals surface area contributed by atoms with Gasteiger partial charge in [0.15, 0.2) is 0 Å². The van der Waals surface area contributed by atoms with Crippen molar-refractivity contribution in [1.82, 2.24) is 0 Å². The Morgan fingerprint density at radius 1 is 0.750 bits per heavy atom. The van der Waals surface area contributed by atoms with Gasteiger partial charge in [0.1, 0.15) is 0 Å². The molecule has 4 heteroatoms. The molecule has 0 N–H and O–H groups in total. The summed E-state index contributed by atoms with van der Waals surface area (Å²) >= 11 is 0. The van der Waals surface area contributed by atoms with Crippen molar-refractivity contribution in [2.45, 2.75) is 0 Å². The summed E-state index contributed by atoms with van der Waals surface area (Å²) < 4.78 is 0. The summed E-state index contributed by atoms with van der Waals surface area (Å²) in [5.41, 5.74) is 0. The smallest absolute Gasteiger partial charge is 0 e. The van der Waals surface area contributed by atoms with Crippen molar-refractivity contribution in [2.24, 2.45) is 0 Å². The average molecular weight is 305 g/mol. The molecule has 0 aromatic heterocycles. The first kappa shape index (κ1) is 36.6. The van der Waals surface area contributed by atoms with Crippen molar-refractivity contribution in [2.75, 3.05) is 0 Å². The van der Waals surface area contributed by atoms with E-state index in [4.69, 9.17) is 0 Å². The minimum atomic E-state index is 0. The largest absolute Gasteiger partial charge is 3.00 e. The monoisotopic (exact) mass is 305 g/mol. The third-order valence-corrected chi connectivity index (χ3v) is 0. The first-order chi connectivity index (χ1) is 0. The minimum Gasteiger partial charge on any atom is -3.00 e. The molecule has 4 heavy (non-hydrogen) atoms. The van der Waals surface area contributed by atoms with Crippen molar-refractivity contribution in [1.29, 1.82) is 0 Å². The van der Waals surface area contributed by atoms with Gasteiger partial charge in [-0.2, -0.15) is 0 Å². The van der Waals surface area contributed by atoms with Crippen LogP contribution in [0.15, 0.2) is 0 Å². The van der Waals surface area contributed by atoms with E-state index in [0.29, 0.717) is 0 Å². The van der Waals surface area contributed by atoms with Gasteiger partial charge in [-0.3, -0.25) is 0 Å². The Hall–Kier alpha value is 2.05. The molecular weight excluding hydrogens is 305 g/mol. The maximum atomic E-state index is 0. The predicted molar refractivity (Wildman–Crippen MR) is 13.8 cm³/mol. The van der Waals surface area contributed by atoms with Crippen LogP contribution in [0, 0.1) is 0 Å². The standard InChI is InChI=1S/Co.2P.W/q;2*-3;. The van der Waals surface area contributed by atoms with Gasteiger partial charge >= 0.3 is 0 Å². The number of hydrogen-bond acceptors (Lipinski definition) is 0. The van der Waals surface area contributed by atoms with Crippen LogP contribution in [-0.4, -0.2) is 0 Å². The van der Waals surface area contributed by atoms with E-state index in [1.165, 1.54) is 0 Å². The molecule has 0 amide bonds. The van der Waals surface area contributed by atoms with Crippen molar-refractivity contribution < 1.29 is 37.8 Å². The summed E-state index contributed by atoms with van der Waals surface area (Å²) in [6.07, 6.45) is 0. The van der Waals surface area contributed by atoms with Crippen LogP contribution in [0.3, 0.4) is 0 Å². The van der Waals surface area contributed by atoms with Crippen LogP contribution in [0.2, 0.25) is 0 Å². The van der Waals surface area contributed by atoms with Gasteiger partial charge in [0.05, 0.1) is 0 Å². The third-order valence-electron chi connectivity index (χ3n) is 0. The molecule has 0 spiro atoms. The summed E-state index contributed by atoms with van der Waals surface area (Å²) in [6, 6.07) is 0. The third kappa shape index (κ3) is 8.96. The van der Waals surface area contributed by atoms with Crippen molar-refractivity contribution in [3.05, 3.63) is 0 Å². The van der Waals surface area contributed by atoms with Gasteiger partial charge < -0.3 is 19.8 Å². The Kier molecular flexibility index (Phi) is 180. The normalized spacial score (nSPS) is 0. The van der Waals surface area contributed by atoms with E-state index in [1.807, 2.05) is 0 Å². The topological polar surface area (TPSA) is 0 Å². The van der Waals surface area contributed by atoms with Gasteiger partial charge in [-0.05, 0) is 0 Å². The van der Waals surface area contributed by atoms with Gasteiger partial charge in [0.2, 0.25) is 0 Å². The van der Waals surface area contributed by atoms with Gasteiger partial charge in [0.25, 0.3) is 0 Å². The van der Waals surface area contributed by atoms with Crippen LogP contribution < -0.4 is 0 Å². The molecule has 0 fully saturated rings. The molecule has 0 nitrogen and oxygen atoms in total. The molecule has 31 valence electrons. The van der Waals surface area contributed by atoms with Gasteiger partial charge in [-0.1, -0.05) is 0 Å². The fraction of sp³-hybridized carbons (Fsp3) is 0. The fourth-order valence-corrected chi connectivity index (χ4v) is 0. The molecule has 0 atom stereocenters. The Morgan fingerprint density at radius 3 is 0.750 bits per heavy atom. The second kappa shape index (κ2) is 19.7. The average Bonchev–Trinajstić information content (AvgIpc) is 0. The molecule has 0 aliphatic carbocycles. The second-order valence-corrected chi connectivity index (χ2v) is 0. The van der Waals surface area contributed by atoms with Crippen LogP contribution in [0.4, 0.5) is 0 Å². The molecule has 0 aliphatic heterocycles. The summed E-state index contributed by atoms with van der Waals surface area (Å²) in [5, 5.41) is 0. The van der Waals surface area contributed by atoms with Crippen LogP contribution in [-0.2, 0) is 37.8 Å². The van der Waals surface area contributed by atoms with Crippen LogP contribution >= 0.6 is 19.8 Å². The summed E-state index contributed by atoms with van der Waals surface area (Å²) in [4.78, 5) is 0. The predicted octanol–water partition coefficient (Wildman–Crippen LogP) is 1.72. The van der Waals surface area contributed by atoms with Crippen molar-refractivity contribution >= 4 is 19.8 Å². The van der Waals surface area contributed by atoms with E-state index in [1.54, 1.807) is 0 Å². The molecule has 0 rings (SSSR count). The molecule has 1 radical (unpaired) electrons. The van der Waals surface area contributed by atoms with Crippen molar-refractivity contribution in [3.63, 3.8) is 0 Å². The molecule has 0 aliphatic rings. The Labute approximate surface area is 57.6 Å².